The summed E-state index contributed by atoms with van der Waals surface area (Å²) in [5, 5.41) is 13.7. The van der Waals surface area contributed by atoms with Gasteiger partial charge in [-0.3, -0.25) is 9.59 Å². The van der Waals surface area contributed by atoms with Crippen LogP contribution >= 0.6 is 0 Å². The summed E-state index contributed by atoms with van der Waals surface area (Å²) < 4.78 is 0. The lowest BCUT2D eigenvalue weighted by Crippen LogP contribution is -2.62. The highest BCUT2D eigenvalue weighted by molar-refractivity contribution is 6.06. The van der Waals surface area contributed by atoms with Crippen molar-refractivity contribution in [3.63, 3.8) is 0 Å². The number of hydrogen-bond acceptors (Lipinski definition) is 3. The van der Waals surface area contributed by atoms with E-state index in [1.54, 1.807) is 6.08 Å². The Bertz CT molecular complexity index is 1480. The summed E-state index contributed by atoms with van der Waals surface area (Å²) in [6.07, 6.45) is 13.4. The van der Waals surface area contributed by atoms with Crippen LogP contribution in [-0.4, -0.2) is 16.8 Å². The van der Waals surface area contributed by atoms with Crippen molar-refractivity contribution in [3.8, 4) is 0 Å². The van der Waals surface area contributed by atoms with Crippen molar-refractivity contribution < 1.29 is 14.7 Å². The third-order valence-corrected chi connectivity index (χ3v) is 13.1. The van der Waals surface area contributed by atoms with Gasteiger partial charge in [-0.25, -0.2) is 0 Å². The Balaban J connectivity index is 1.34. The molecule has 5 aliphatic rings. The van der Waals surface area contributed by atoms with Crippen LogP contribution in [0.5, 0.6) is 0 Å². The molecular formula is C37H47NO3. The fourth-order valence-corrected chi connectivity index (χ4v) is 9.86. The Morgan fingerprint density at radius 3 is 2.39 bits per heavy atom. The number of rotatable bonds is 3. The number of amides is 1. The zero-order valence-electron chi connectivity index (χ0n) is 26.0. The van der Waals surface area contributed by atoms with Gasteiger partial charge in [-0.1, -0.05) is 76.6 Å². The largest absolute Gasteiger partial charge is 0.504 e. The Morgan fingerprint density at radius 1 is 0.951 bits per heavy atom. The van der Waals surface area contributed by atoms with E-state index in [2.05, 4.69) is 71.1 Å². The zero-order chi connectivity index (χ0) is 29.6. The summed E-state index contributed by atoms with van der Waals surface area (Å²) in [5.74, 6) is 0.228. The smallest absolute Gasteiger partial charge is 0.226 e. The van der Waals surface area contributed by atoms with E-state index in [1.807, 2.05) is 19.1 Å². The number of nitrogens with one attached hydrogen (secondary N) is 1. The standard InChI is InChI=1S/C37H47NO3/c1-23-10-8-9-11-25(23)22-38-32(41)34(4)15-14-33(3)16-18-36(6)29-13-12-26-24(2)31(40)28(39)20-27(26)35(29,5)17-19-37(36,7)30(33)21-34/h8-13,20,30,40H,14-19,21-22H2,1-7H3,(H,38,41)/t30-,33-,34-,35+,36-,37+/m1/s1. The summed E-state index contributed by atoms with van der Waals surface area (Å²) in [6.45, 7) is 16.6. The maximum absolute atomic E-state index is 13.9. The summed E-state index contributed by atoms with van der Waals surface area (Å²) >= 11 is 0. The average Bonchev–Trinajstić information content (AvgIpc) is 2.94. The van der Waals surface area contributed by atoms with E-state index in [0.717, 1.165) is 56.1 Å². The van der Waals surface area contributed by atoms with Crippen LogP contribution in [0.4, 0.5) is 0 Å². The third-order valence-electron chi connectivity index (χ3n) is 13.1. The van der Waals surface area contributed by atoms with Gasteiger partial charge in [-0.2, -0.15) is 0 Å². The van der Waals surface area contributed by atoms with Crippen LogP contribution in [0, 0.1) is 39.9 Å². The molecule has 41 heavy (non-hydrogen) atoms. The Labute approximate surface area is 246 Å². The van der Waals surface area contributed by atoms with Crippen LogP contribution in [0.2, 0.25) is 0 Å². The average molecular weight is 554 g/mol. The first-order valence-corrected chi connectivity index (χ1v) is 15.6. The molecule has 6 rings (SSSR count). The van der Waals surface area contributed by atoms with Gasteiger partial charge in [0.2, 0.25) is 11.7 Å². The van der Waals surface area contributed by atoms with Gasteiger partial charge in [0.15, 0.2) is 5.76 Å². The van der Waals surface area contributed by atoms with E-state index in [4.69, 9.17) is 0 Å². The number of hydrogen-bond donors (Lipinski definition) is 2. The van der Waals surface area contributed by atoms with E-state index in [-0.39, 0.29) is 44.5 Å². The summed E-state index contributed by atoms with van der Waals surface area (Å²) in [7, 11) is 0. The van der Waals surface area contributed by atoms with Gasteiger partial charge < -0.3 is 10.4 Å². The molecule has 0 heterocycles. The first-order valence-electron chi connectivity index (χ1n) is 15.6. The van der Waals surface area contributed by atoms with Crippen LogP contribution in [-0.2, 0) is 16.1 Å². The van der Waals surface area contributed by atoms with Crippen LogP contribution < -0.4 is 5.32 Å². The van der Waals surface area contributed by atoms with Gasteiger partial charge in [0.25, 0.3) is 0 Å². The molecule has 4 heteroatoms. The number of carbonyl (C=O) groups is 2. The molecule has 0 spiro atoms. The number of allylic oxidation sites excluding steroid dienone is 7. The third kappa shape index (κ3) is 3.85. The summed E-state index contributed by atoms with van der Waals surface area (Å²) in [5.41, 5.74) is 6.22. The lowest BCUT2D eigenvalue weighted by molar-refractivity contribution is -0.169. The fourth-order valence-electron chi connectivity index (χ4n) is 9.86. The molecule has 0 unspecified atom stereocenters. The van der Waals surface area contributed by atoms with Gasteiger partial charge in [-0.15, -0.1) is 0 Å². The van der Waals surface area contributed by atoms with Crippen LogP contribution in [0.25, 0.3) is 0 Å². The molecule has 1 aromatic carbocycles. The number of ketones is 1. The summed E-state index contributed by atoms with van der Waals surface area (Å²) in [4.78, 5) is 26.6. The van der Waals surface area contributed by atoms with Crippen molar-refractivity contribution in [2.24, 2.45) is 33.0 Å². The first-order chi connectivity index (χ1) is 19.2. The number of aliphatic hydroxyl groups is 1. The van der Waals surface area contributed by atoms with Crippen molar-refractivity contribution >= 4 is 11.7 Å². The van der Waals surface area contributed by atoms with E-state index >= 15 is 0 Å². The molecule has 0 aliphatic heterocycles. The van der Waals surface area contributed by atoms with Crippen molar-refractivity contribution in [2.45, 2.75) is 100.0 Å². The minimum absolute atomic E-state index is 0.0386. The number of aliphatic hydroxyl groups excluding tert-OH is 1. The van der Waals surface area contributed by atoms with Gasteiger partial charge >= 0.3 is 0 Å². The number of carbonyl (C=O) groups excluding carboxylic acids is 2. The fraction of sp³-hybridized carbons (Fsp3) is 0.568. The van der Waals surface area contributed by atoms with E-state index in [0.29, 0.717) is 18.0 Å². The molecule has 3 saturated carbocycles. The Morgan fingerprint density at radius 2 is 1.66 bits per heavy atom. The van der Waals surface area contributed by atoms with E-state index < -0.39 is 0 Å². The monoisotopic (exact) mass is 553 g/mol. The van der Waals surface area contributed by atoms with Crippen molar-refractivity contribution in [2.75, 3.05) is 0 Å². The molecule has 0 saturated heterocycles. The zero-order valence-corrected chi connectivity index (χ0v) is 26.0. The lowest BCUT2D eigenvalue weighted by atomic mass is 9.34. The second kappa shape index (κ2) is 9.06. The van der Waals surface area contributed by atoms with E-state index in [1.165, 1.54) is 16.7 Å². The maximum Gasteiger partial charge on any atom is 0.226 e. The lowest BCUT2D eigenvalue weighted by Gasteiger charge is -2.70. The number of fused-ring (bicyclic) bond motifs is 7. The van der Waals surface area contributed by atoms with Crippen molar-refractivity contribution in [3.05, 3.63) is 81.7 Å². The minimum atomic E-state index is -0.388. The van der Waals surface area contributed by atoms with Crippen LogP contribution in [0.3, 0.4) is 0 Å². The predicted molar refractivity (Wildman–Crippen MR) is 164 cm³/mol. The van der Waals surface area contributed by atoms with Gasteiger partial charge in [-0.05, 0) is 109 Å². The van der Waals surface area contributed by atoms with Crippen LogP contribution in [0.1, 0.15) is 97.6 Å². The summed E-state index contributed by atoms with van der Waals surface area (Å²) in [6, 6.07) is 8.30. The minimum Gasteiger partial charge on any atom is -0.504 e. The second-order valence-electron chi connectivity index (χ2n) is 15.2. The molecule has 1 aromatic rings. The molecule has 0 bridgehead atoms. The highest BCUT2D eigenvalue weighted by Crippen LogP contribution is 2.75. The SMILES string of the molecule is CC1=C(O)C(=O)C=C2C1=CC=C1[C@@]2(C)CC[C@@]2(C)[C@@H]3C[C@](C)(C(=O)NCc4ccccc4C)CC[C@]3(C)CC[C@]12C. The molecule has 6 atom stereocenters. The predicted octanol–water partition coefficient (Wildman–Crippen LogP) is 8.24. The topological polar surface area (TPSA) is 66.4 Å². The molecule has 1 amide bonds. The molecule has 4 nitrogen and oxygen atoms in total. The molecule has 0 aromatic heterocycles. The Hall–Kier alpha value is -2.88. The molecule has 3 fully saturated rings. The number of aryl methyl sites for hydroxylation is 1. The van der Waals surface area contributed by atoms with Gasteiger partial charge in [0, 0.05) is 22.9 Å². The maximum atomic E-state index is 13.9. The normalized spacial score (nSPS) is 39.8. The second-order valence-corrected chi connectivity index (χ2v) is 15.2. The van der Waals surface area contributed by atoms with Gasteiger partial charge in [0.05, 0.1) is 0 Å². The van der Waals surface area contributed by atoms with E-state index in [9.17, 15) is 14.7 Å². The molecule has 2 N–H and O–H groups in total. The molecule has 0 radical (unpaired) electrons. The van der Waals surface area contributed by atoms with Crippen molar-refractivity contribution in [1.82, 2.24) is 5.32 Å². The molecule has 218 valence electrons. The number of benzene rings is 1. The molecular weight excluding hydrogens is 506 g/mol. The van der Waals surface area contributed by atoms with Gasteiger partial charge in [0.1, 0.15) is 0 Å². The highest BCUT2D eigenvalue weighted by Gasteiger charge is 2.67. The molecule has 5 aliphatic carbocycles. The Kier molecular flexibility index (Phi) is 6.24. The van der Waals surface area contributed by atoms with Crippen LogP contribution in [0.15, 0.2) is 70.5 Å². The quantitative estimate of drug-likeness (QED) is 0.396. The first kappa shape index (κ1) is 28.2. The van der Waals surface area contributed by atoms with Crippen molar-refractivity contribution in [1.29, 1.82) is 0 Å². The highest BCUT2D eigenvalue weighted by atomic mass is 16.3.